The van der Waals surface area contributed by atoms with Crippen molar-refractivity contribution >= 4 is 35.3 Å². The number of ether oxygens (including phenoxy) is 1. The van der Waals surface area contributed by atoms with Gasteiger partial charge in [0.05, 0.1) is 16.5 Å². The molecule has 2 aromatic rings. The van der Waals surface area contributed by atoms with E-state index in [2.05, 4.69) is 10.9 Å². The van der Waals surface area contributed by atoms with Crippen LogP contribution >= 0.6 is 11.6 Å². The summed E-state index contributed by atoms with van der Waals surface area (Å²) in [6.45, 7) is 0.0699. The molecule has 0 aromatic heterocycles. The summed E-state index contributed by atoms with van der Waals surface area (Å²) in [5.74, 6) is -2.72. The Hall–Kier alpha value is -3.39. The van der Waals surface area contributed by atoms with E-state index in [9.17, 15) is 19.2 Å². The monoisotopic (exact) mass is 429 g/mol. The average molecular weight is 430 g/mol. The van der Waals surface area contributed by atoms with Gasteiger partial charge in [-0.1, -0.05) is 54.1 Å². The molecule has 0 saturated carbocycles. The van der Waals surface area contributed by atoms with Crippen LogP contribution in [0, 0.1) is 5.92 Å². The van der Waals surface area contributed by atoms with E-state index in [0.717, 1.165) is 5.56 Å². The van der Waals surface area contributed by atoms with E-state index in [1.165, 1.54) is 6.07 Å². The first-order valence-electron chi connectivity index (χ1n) is 9.26. The molecule has 2 aromatic carbocycles. The molecule has 3 amide bonds. The van der Waals surface area contributed by atoms with Gasteiger partial charge in [-0.05, 0) is 17.7 Å². The van der Waals surface area contributed by atoms with Crippen LogP contribution in [0.3, 0.4) is 0 Å². The van der Waals surface area contributed by atoms with E-state index in [4.69, 9.17) is 16.3 Å². The van der Waals surface area contributed by atoms with E-state index in [-0.39, 0.29) is 29.5 Å². The molecule has 1 atom stereocenters. The normalized spacial score (nSPS) is 15.6. The number of benzene rings is 2. The van der Waals surface area contributed by atoms with Gasteiger partial charge in [0, 0.05) is 19.5 Å². The minimum atomic E-state index is -0.714. The Balaban J connectivity index is 1.42. The molecule has 0 bridgehead atoms. The van der Waals surface area contributed by atoms with Crippen LogP contribution in [0.2, 0.25) is 5.02 Å². The summed E-state index contributed by atoms with van der Waals surface area (Å²) >= 11 is 5.91. The van der Waals surface area contributed by atoms with Gasteiger partial charge in [0.1, 0.15) is 0 Å². The summed E-state index contributed by atoms with van der Waals surface area (Å²) in [5, 5.41) is 0.238. The van der Waals surface area contributed by atoms with Crippen molar-refractivity contribution < 1.29 is 23.9 Å². The van der Waals surface area contributed by atoms with Crippen molar-refractivity contribution in [1.29, 1.82) is 0 Å². The van der Waals surface area contributed by atoms with Crippen molar-refractivity contribution in [2.24, 2.45) is 5.92 Å². The fourth-order valence-electron chi connectivity index (χ4n) is 3.02. The molecule has 1 heterocycles. The number of amides is 3. The van der Waals surface area contributed by atoms with Gasteiger partial charge in [-0.15, -0.1) is 0 Å². The van der Waals surface area contributed by atoms with Crippen molar-refractivity contribution in [3.63, 3.8) is 0 Å². The lowest BCUT2D eigenvalue weighted by molar-refractivity contribution is -0.152. The summed E-state index contributed by atoms with van der Waals surface area (Å²) in [6.07, 6.45) is 0.0382. The summed E-state index contributed by atoms with van der Waals surface area (Å²) in [7, 11) is 0. The molecule has 30 heavy (non-hydrogen) atoms. The van der Waals surface area contributed by atoms with Gasteiger partial charge in [0.25, 0.3) is 11.8 Å². The van der Waals surface area contributed by atoms with Gasteiger partial charge in [-0.25, -0.2) is 0 Å². The number of carbonyl (C=O) groups excluding carboxylic acids is 4. The fraction of sp³-hybridized carbons (Fsp3) is 0.238. The second-order valence-corrected chi connectivity index (χ2v) is 7.16. The number of nitrogens with zero attached hydrogens (tertiary/aromatic N) is 1. The van der Waals surface area contributed by atoms with Gasteiger partial charge in [0.2, 0.25) is 5.91 Å². The number of esters is 1. The number of hydrogen-bond donors (Lipinski definition) is 2. The van der Waals surface area contributed by atoms with Crippen LogP contribution < -0.4 is 10.9 Å². The SMILES string of the molecule is O=C(COC(=O)[C@H]1CC(=O)N(Cc2ccccc2)C1)NNC(=O)c1ccccc1Cl. The third kappa shape index (κ3) is 5.57. The van der Waals surface area contributed by atoms with Crippen LogP contribution in [0.15, 0.2) is 54.6 Å². The van der Waals surface area contributed by atoms with Gasteiger partial charge >= 0.3 is 5.97 Å². The molecular weight excluding hydrogens is 410 g/mol. The number of halogens is 1. The fourth-order valence-corrected chi connectivity index (χ4v) is 3.24. The van der Waals surface area contributed by atoms with Gasteiger partial charge < -0.3 is 9.64 Å². The van der Waals surface area contributed by atoms with Crippen molar-refractivity contribution in [3.05, 3.63) is 70.7 Å². The third-order valence-corrected chi connectivity index (χ3v) is 4.87. The van der Waals surface area contributed by atoms with Crippen LogP contribution in [0.5, 0.6) is 0 Å². The second kappa shape index (κ2) is 9.89. The van der Waals surface area contributed by atoms with Crippen LogP contribution in [0.25, 0.3) is 0 Å². The van der Waals surface area contributed by atoms with Crippen LogP contribution in [-0.4, -0.2) is 41.7 Å². The lowest BCUT2D eigenvalue weighted by Crippen LogP contribution is -2.44. The van der Waals surface area contributed by atoms with E-state index in [1.54, 1.807) is 23.1 Å². The lowest BCUT2D eigenvalue weighted by Gasteiger charge is -2.16. The molecule has 1 aliphatic rings. The number of carbonyl (C=O) groups is 4. The molecule has 2 N–H and O–H groups in total. The predicted molar refractivity (Wildman–Crippen MR) is 108 cm³/mol. The minimum absolute atomic E-state index is 0.0382. The molecule has 9 heteroatoms. The van der Waals surface area contributed by atoms with Crippen LogP contribution in [0.1, 0.15) is 22.3 Å². The van der Waals surface area contributed by atoms with E-state index in [1.807, 2.05) is 30.3 Å². The lowest BCUT2D eigenvalue weighted by atomic mass is 10.1. The predicted octanol–water partition coefficient (Wildman–Crippen LogP) is 1.69. The number of rotatable bonds is 6. The number of hydrazine groups is 1. The molecule has 1 fully saturated rings. The van der Waals surface area contributed by atoms with Gasteiger partial charge in [-0.2, -0.15) is 0 Å². The highest BCUT2D eigenvalue weighted by Gasteiger charge is 2.35. The van der Waals surface area contributed by atoms with Crippen LogP contribution in [0.4, 0.5) is 0 Å². The Morgan fingerprint density at radius 1 is 1.03 bits per heavy atom. The quantitative estimate of drug-likeness (QED) is 0.537. The second-order valence-electron chi connectivity index (χ2n) is 6.75. The summed E-state index contributed by atoms with van der Waals surface area (Å²) in [5.41, 5.74) is 5.51. The highest BCUT2D eigenvalue weighted by molar-refractivity contribution is 6.33. The van der Waals surface area contributed by atoms with E-state index in [0.29, 0.717) is 6.54 Å². The van der Waals surface area contributed by atoms with Gasteiger partial charge in [0.15, 0.2) is 6.61 Å². The first-order chi connectivity index (χ1) is 14.4. The zero-order chi connectivity index (χ0) is 21.5. The molecular formula is C21H20ClN3O5. The van der Waals surface area contributed by atoms with Crippen molar-refractivity contribution in [2.75, 3.05) is 13.2 Å². The average Bonchev–Trinajstić information content (AvgIpc) is 3.11. The largest absolute Gasteiger partial charge is 0.455 e. The standard InChI is InChI=1S/C21H20ClN3O5/c22-17-9-5-4-8-16(17)20(28)24-23-18(26)13-30-21(29)15-10-19(27)25(12-15)11-14-6-2-1-3-7-14/h1-9,15H,10-13H2,(H,23,26)(H,24,28)/t15-/m0/s1. The van der Waals surface area contributed by atoms with Crippen molar-refractivity contribution in [1.82, 2.24) is 15.8 Å². The summed E-state index contributed by atoms with van der Waals surface area (Å²) in [6, 6.07) is 15.8. The zero-order valence-electron chi connectivity index (χ0n) is 16.0. The minimum Gasteiger partial charge on any atom is -0.455 e. The van der Waals surface area contributed by atoms with Crippen LogP contribution in [-0.2, 0) is 25.7 Å². The number of hydrogen-bond acceptors (Lipinski definition) is 5. The molecule has 8 nitrogen and oxygen atoms in total. The Morgan fingerprint density at radius 2 is 1.73 bits per heavy atom. The Kier molecular flexibility index (Phi) is 7.03. The Bertz CT molecular complexity index is 951. The molecule has 0 aliphatic carbocycles. The van der Waals surface area contributed by atoms with E-state index >= 15 is 0 Å². The molecule has 0 unspecified atom stereocenters. The molecule has 0 radical (unpaired) electrons. The molecule has 1 aliphatic heterocycles. The smallest absolute Gasteiger partial charge is 0.311 e. The molecule has 1 saturated heterocycles. The molecule has 0 spiro atoms. The van der Waals surface area contributed by atoms with Gasteiger partial charge in [-0.3, -0.25) is 30.0 Å². The zero-order valence-corrected chi connectivity index (χ0v) is 16.7. The van der Waals surface area contributed by atoms with E-state index < -0.39 is 30.3 Å². The first kappa shape index (κ1) is 21.3. The third-order valence-electron chi connectivity index (χ3n) is 4.54. The molecule has 3 rings (SSSR count). The number of likely N-dealkylation sites (tertiary alicyclic amines) is 1. The maximum absolute atomic E-state index is 12.2. The highest BCUT2D eigenvalue weighted by Crippen LogP contribution is 2.21. The molecule has 156 valence electrons. The maximum Gasteiger partial charge on any atom is 0.311 e. The van der Waals surface area contributed by atoms with Crippen molar-refractivity contribution in [3.8, 4) is 0 Å². The topological polar surface area (TPSA) is 105 Å². The van der Waals surface area contributed by atoms with Crippen molar-refractivity contribution in [2.45, 2.75) is 13.0 Å². The number of nitrogens with one attached hydrogen (secondary N) is 2. The maximum atomic E-state index is 12.2. The highest BCUT2D eigenvalue weighted by atomic mass is 35.5. The summed E-state index contributed by atoms with van der Waals surface area (Å²) in [4.78, 5) is 49.8. The Morgan fingerprint density at radius 3 is 2.47 bits per heavy atom. The summed E-state index contributed by atoms with van der Waals surface area (Å²) < 4.78 is 4.99. The first-order valence-corrected chi connectivity index (χ1v) is 9.64. The Labute approximate surface area is 178 Å².